The van der Waals surface area contributed by atoms with Crippen LogP contribution in [0.25, 0.3) is 11.4 Å². The van der Waals surface area contributed by atoms with Gasteiger partial charge in [-0.25, -0.2) is 4.98 Å². The van der Waals surface area contributed by atoms with Crippen molar-refractivity contribution in [3.63, 3.8) is 0 Å². The molecule has 0 spiro atoms. The van der Waals surface area contributed by atoms with Crippen LogP contribution in [0.1, 0.15) is 19.4 Å². The monoisotopic (exact) mass is 439 g/mol. The fraction of sp³-hybridized carbons (Fsp3) is 0.579. The van der Waals surface area contributed by atoms with Gasteiger partial charge in [-0.05, 0) is 19.9 Å². The number of ether oxygens (including phenoxy) is 2. The number of anilines is 3. The van der Waals surface area contributed by atoms with Gasteiger partial charge in [0.2, 0.25) is 11.9 Å². The highest BCUT2D eigenvalue weighted by Crippen LogP contribution is 2.37. The Morgan fingerprint density at radius 1 is 0.968 bits per heavy atom. The van der Waals surface area contributed by atoms with Gasteiger partial charge in [0, 0.05) is 19.3 Å². The van der Waals surface area contributed by atoms with Gasteiger partial charge in [-0.15, -0.1) is 0 Å². The molecule has 2 saturated heterocycles. The lowest BCUT2D eigenvalue weighted by molar-refractivity contribution is -0.137. The third kappa shape index (κ3) is 4.49. The first-order valence-corrected chi connectivity index (χ1v) is 10.0. The molecule has 0 radical (unpaired) electrons. The molecule has 2 N–H and O–H groups in total. The van der Waals surface area contributed by atoms with Gasteiger partial charge in [-0.3, -0.25) is 0 Å². The first kappa shape index (κ1) is 21.5. The van der Waals surface area contributed by atoms with Gasteiger partial charge in [0.1, 0.15) is 5.82 Å². The quantitative estimate of drug-likeness (QED) is 0.769. The number of alkyl halides is 3. The zero-order valence-corrected chi connectivity index (χ0v) is 17.3. The van der Waals surface area contributed by atoms with Crippen molar-refractivity contribution in [2.24, 2.45) is 0 Å². The SMILES string of the molecule is C[C@H]1COCCN1c1nc(-c2cnc(N)cc2C(F)(F)F)nc(N2CCOC[C@@H]2C)n1. The third-order valence-electron chi connectivity index (χ3n) is 5.33. The minimum absolute atomic E-state index is 0.0365. The van der Waals surface area contributed by atoms with Gasteiger partial charge in [0.05, 0.1) is 49.6 Å². The van der Waals surface area contributed by atoms with E-state index in [2.05, 4.69) is 19.9 Å². The van der Waals surface area contributed by atoms with E-state index in [1.165, 1.54) is 0 Å². The van der Waals surface area contributed by atoms with Crippen molar-refractivity contribution in [1.29, 1.82) is 0 Å². The minimum atomic E-state index is -4.64. The molecule has 2 aliphatic heterocycles. The predicted molar refractivity (Wildman–Crippen MR) is 108 cm³/mol. The number of aromatic nitrogens is 4. The molecule has 2 aliphatic rings. The maximum Gasteiger partial charge on any atom is 0.417 e. The molecule has 4 rings (SSSR count). The van der Waals surface area contributed by atoms with Crippen molar-refractivity contribution < 1.29 is 22.6 Å². The Morgan fingerprint density at radius 2 is 1.52 bits per heavy atom. The summed E-state index contributed by atoms with van der Waals surface area (Å²) in [6.07, 6.45) is -3.58. The summed E-state index contributed by atoms with van der Waals surface area (Å²) in [6.45, 7) is 6.85. The topological polar surface area (TPSA) is 103 Å². The van der Waals surface area contributed by atoms with Crippen LogP contribution in [0.4, 0.5) is 30.9 Å². The van der Waals surface area contributed by atoms with Crippen molar-refractivity contribution in [1.82, 2.24) is 19.9 Å². The van der Waals surface area contributed by atoms with Crippen molar-refractivity contribution >= 4 is 17.7 Å². The van der Waals surface area contributed by atoms with E-state index < -0.39 is 11.7 Å². The lowest BCUT2D eigenvalue weighted by Crippen LogP contribution is -2.46. The Morgan fingerprint density at radius 3 is 2.00 bits per heavy atom. The number of hydrogen-bond donors (Lipinski definition) is 1. The molecule has 2 aromatic heterocycles. The van der Waals surface area contributed by atoms with Crippen molar-refractivity contribution in [2.75, 3.05) is 55.1 Å². The number of nitrogens with two attached hydrogens (primary N) is 1. The van der Waals surface area contributed by atoms with Crippen LogP contribution in [0.3, 0.4) is 0 Å². The molecule has 2 aromatic rings. The Hall–Kier alpha value is -2.73. The Labute approximate surface area is 177 Å². The average molecular weight is 439 g/mol. The Balaban J connectivity index is 1.86. The van der Waals surface area contributed by atoms with E-state index >= 15 is 0 Å². The molecule has 0 amide bonds. The van der Waals surface area contributed by atoms with Gasteiger partial charge < -0.3 is 25.0 Å². The van der Waals surface area contributed by atoms with E-state index in [1.54, 1.807) is 0 Å². The molecule has 31 heavy (non-hydrogen) atoms. The summed E-state index contributed by atoms with van der Waals surface area (Å²) in [4.78, 5) is 21.1. The third-order valence-corrected chi connectivity index (χ3v) is 5.33. The van der Waals surface area contributed by atoms with E-state index in [0.717, 1.165) is 12.3 Å². The predicted octanol–water partition coefficient (Wildman–Crippen LogP) is 1.98. The van der Waals surface area contributed by atoms with Crippen LogP contribution < -0.4 is 15.5 Å². The number of rotatable bonds is 3. The van der Waals surface area contributed by atoms with Crippen LogP contribution in [0.2, 0.25) is 0 Å². The highest BCUT2D eigenvalue weighted by Gasteiger charge is 2.36. The molecular weight excluding hydrogens is 415 g/mol. The zero-order valence-electron chi connectivity index (χ0n) is 17.3. The van der Waals surface area contributed by atoms with Crippen molar-refractivity contribution in [3.05, 3.63) is 17.8 Å². The van der Waals surface area contributed by atoms with Crippen LogP contribution in [0.15, 0.2) is 12.3 Å². The second-order valence-corrected chi connectivity index (χ2v) is 7.65. The van der Waals surface area contributed by atoms with Crippen LogP contribution in [0, 0.1) is 0 Å². The second-order valence-electron chi connectivity index (χ2n) is 7.65. The van der Waals surface area contributed by atoms with E-state index in [0.29, 0.717) is 51.4 Å². The number of nitrogen functional groups attached to an aromatic ring is 1. The van der Waals surface area contributed by atoms with E-state index in [1.807, 2.05) is 23.6 Å². The van der Waals surface area contributed by atoms with Crippen molar-refractivity contribution in [2.45, 2.75) is 32.1 Å². The summed E-state index contributed by atoms with van der Waals surface area (Å²) >= 11 is 0. The molecular formula is C19H24F3N7O2. The Bertz CT molecular complexity index is 903. The van der Waals surface area contributed by atoms with Crippen LogP contribution in [-0.4, -0.2) is 71.5 Å². The van der Waals surface area contributed by atoms with Gasteiger partial charge in [0.25, 0.3) is 0 Å². The summed E-state index contributed by atoms with van der Waals surface area (Å²) in [5, 5.41) is 0. The molecule has 0 aliphatic carbocycles. The smallest absolute Gasteiger partial charge is 0.384 e. The molecule has 2 atom stereocenters. The van der Waals surface area contributed by atoms with Crippen LogP contribution in [-0.2, 0) is 15.7 Å². The molecule has 9 nitrogen and oxygen atoms in total. The molecule has 2 fully saturated rings. The minimum Gasteiger partial charge on any atom is -0.384 e. The first-order chi connectivity index (χ1) is 14.7. The van der Waals surface area contributed by atoms with E-state index in [4.69, 9.17) is 15.2 Å². The van der Waals surface area contributed by atoms with Gasteiger partial charge in [-0.2, -0.15) is 28.1 Å². The number of halogens is 3. The number of nitrogens with zero attached hydrogens (tertiary/aromatic N) is 6. The second kappa shape index (κ2) is 8.42. The summed E-state index contributed by atoms with van der Waals surface area (Å²) in [7, 11) is 0. The fourth-order valence-corrected chi connectivity index (χ4v) is 3.66. The van der Waals surface area contributed by atoms with E-state index in [-0.39, 0.29) is 29.3 Å². The summed E-state index contributed by atoms with van der Waals surface area (Å²) in [6, 6.07) is 0.726. The summed E-state index contributed by atoms with van der Waals surface area (Å²) in [5.74, 6) is 0.283. The lowest BCUT2D eigenvalue weighted by Gasteiger charge is -2.36. The van der Waals surface area contributed by atoms with Gasteiger partial charge in [0.15, 0.2) is 5.82 Å². The van der Waals surface area contributed by atoms with Crippen molar-refractivity contribution in [3.8, 4) is 11.4 Å². The van der Waals surface area contributed by atoms with Gasteiger partial charge >= 0.3 is 6.18 Å². The normalized spacial score (nSPS) is 22.6. The van der Waals surface area contributed by atoms with Crippen LogP contribution in [0.5, 0.6) is 0 Å². The first-order valence-electron chi connectivity index (χ1n) is 10.0. The molecule has 0 bridgehead atoms. The zero-order chi connectivity index (χ0) is 22.2. The molecule has 0 unspecified atom stereocenters. The molecule has 4 heterocycles. The maximum atomic E-state index is 13.7. The lowest BCUT2D eigenvalue weighted by atomic mass is 10.1. The standard InChI is InChI=1S/C19H24F3N7O2/c1-11-9-30-5-3-28(11)17-25-16(13-8-24-15(23)7-14(13)19(20,21)22)26-18(27-17)29-4-6-31-10-12(29)2/h7-8,11-12H,3-6,9-10H2,1-2H3,(H2,23,24)/t11-,12-/m0/s1. The molecule has 12 heteroatoms. The Kier molecular flexibility index (Phi) is 5.84. The largest absolute Gasteiger partial charge is 0.417 e. The summed E-state index contributed by atoms with van der Waals surface area (Å²) in [5.41, 5.74) is 4.34. The van der Waals surface area contributed by atoms with Crippen LogP contribution >= 0.6 is 0 Å². The highest BCUT2D eigenvalue weighted by atomic mass is 19.4. The molecule has 0 aromatic carbocycles. The maximum absolute atomic E-state index is 13.7. The molecule has 0 saturated carbocycles. The van der Waals surface area contributed by atoms with E-state index in [9.17, 15) is 13.2 Å². The van der Waals surface area contributed by atoms with Gasteiger partial charge in [-0.1, -0.05) is 0 Å². The number of morpholine rings is 2. The fourth-order valence-electron chi connectivity index (χ4n) is 3.66. The highest BCUT2D eigenvalue weighted by molar-refractivity contribution is 5.64. The average Bonchev–Trinajstić information content (AvgIpc) is 2.73. The number of hydrogen-bond acceptors (Lipinski definition) is 9. The molecule has 168 valence electrons. The number of pyridine rings is 1. The summed E-state index contributed by atoms with van der Waals surface area (Å²) < 4.78 is 52.2.